The molecule has 4 aromatic rings. The number of carbonyl (C=O) groups is 3. The van der Waals surface area contributed by atoms with Crippen LogP contribution in [0, 0.1) is 5.82 Å². The summed E-state index contributed by atoms with van der Waals surface area (Å²) in [5.74, 6) is -4.70. The van der Waals surface area contributed by atoms with Crippen LogP contribution in [0.2, 0.25) is 0 Å². The van der Waals surface area contributed by atoms with Crippen molar-refractivity contribution in [3.05, 3.63) is 77.7 Å². The Morgan fingerprint density at radius 3 is 2.14 bits per heavy atom. The summed E-state index contributed by atoms with van der Waals surface area (Å²) in [6, 6.07) is 16.2. The number of fused-ring (bicyclic) bond motifs is 1. The van der Waals surface area contributed by atoms with E-state index in [9.17, 15) is 32.3 Å². The second-order valence-electron chi connectivity index (χ2n) is 7.29. The first-order valence-electron chi connectivity index (χ1n) is 10.2. The lowest BCUT2D eigenvalue weighted by Gasteiger charge is -2.09. The number of nitrogens with one attached hydrogen (secondary N) is 2. The van der Waals surface area contributed by atoms with Crippen LogP contribution in [0.4, 0.5) is 23.2 Å². The molecule has 4 rings (SSSR count). The second kappa shape index (κ2) is 10.8. The Morgan fingerprint density at radius 2 is 1.59 bits per heavy atom. The van der Waals surface area contributed by atoms with Crippen LogP contribution in [-0.2, 0) is 4.79 Å². The van der Waals surface area contributed by atoms with Crippen LogP contribution < -0.4 is 10.1 Å². The van der Waals surface area contributed by atoms with Gasteiger partial charge in [-0.2, -0.15) is 18.3 Å². The van der Waals surface area contributed by atoms with Crippen molar-refractivity contribution in [1.29, 1.82) is 0 Å². The number of methoxy groups -OCH3 is 1. The summed E-state index contributed by atoms with van der Waals surface area (Å²) in [5.41, 5.74) is 1.66. The normalized spacial score (nSPS) is 10.8. The monoisotopic (exact) mass is 519 g/mol. The summed E-state index contributed by atoms with van der Waals surface area (Å²) in [6.07, 6.45) is -5.08. The lowest BCUT2D eigenvalue weighted by atomic mass is 10.0. The highest BCUT2D eigenvalue weighted by Gasteiger charge is 2.38. The van der Waals surface area contributed by atoms with E-state index in [4.69, 9.17) is 14.6 Å². The number of hydrogen-bond donors (Lipinski definition) is 4. The number of aromatic nitrogens is 2. The number of halogens is 4. The van der Waals surface area contributed by atoms with Gasteiger partial charge in [-0.1, -0.05) is 24.3 Å². The van der Waals surface area contributed by atoms with E-state index in [1.54, 1.807) is 49.6 Å². The third kappa shape index (κ3) is 6.20. The average Bonchev–Trinajstić information content (AvgIpc) is 3.29. The molecule has 0 aliphatic rings. The van der Waals surface area contributed by atoms with Crippen molar-refractivity contribution >= 4 is 34.4 Å². The van der Waals surface area contributed by atoms with Gasteiger partial charge in [-0.3, -0.25) is 9.89 Å². The van der Waals surface area contributed by atoms with E-state index < -0.39 is 29.8 Å². The van der Waals surface area contributed by atoms with Crippen LogP contribution in [-0.4, -0.2) is 51.5 Å². The van der Waals surface area contributed by atoms with E-state index in [1.807, 2.05) is 0 Å². The number of aromatic amines is 1. The van der Waals surface area contributed by atoms with Crippen LogP contribution in [0.5, 0.6) is 5.75 Å². The van der Waals surface area contributed by atoms with Gasteiger partial charge >= 0.3 is 18.1 Å². The number of alkyl halides is 3. The molecule has 0 fully saturated rings. The van der Waals surface area contributed by atoms with Crippen LogP contribution in [0.3, 0.4) is 0 Å². The Labute approximate surface area is 205 Å². The fourth-order valence-corrected chi connectivity index (χ4v) is 3.18. The fourth-order valence-electron chi connectivity index (χ4n) is 3.18. The minimum Gasteiger partial charge on any atom is -0.497 e. The number of H-pyrrole nitrogens is 1. The molecule has 0 spiro atoms. The number of benzene rings is 3. The van der Waals surface area contributed by atoms with E-state index in [2.05, 4.69) is 15.5 Å². The third-order valence-corrected chi connectivity index (χ3v) is 4.92. The number of anilines is 1. The molecule has 4 N–H and O–H groups in total. The molecular weight excluding hydrogens is 502 g/mol. The van der Waals surface area contributed by atoms with Gasteiger partial charge in [0.2, 0.25) is 0 Å². The van der Waals surface area contributed by atoms with E-state index in [0.717, 1.165) is 5.56 Å². The highest BCUT2D eigenvalue weighted by atomic mass is 19.4. The lowest BCUT2D eigenvalue weighted by molar-refractivity contribution is -0.192. The molecule has 0 atom stereocenters. The highest BCUT2D eigenvalue weighted by molar-refractivity contribution is 6.13. The average molecular weight is 519 g/mol. The molecule has 9 nitrogen and oxygen atoms in total. The standard InChI is InChI=1S/C22H16FN3O4.C2HF3O2/c1-30-14-8-5-12(6-9-14)13-7-10-15(16(23)11-13)21(27)24-17-3-2-4-18-19(17)20(22(28)29)26-25-18;3-2(4,5)1(6)7/h2-11H,1H3,(H,24,27)(H,25,26)(H,28,29);(H,6,7). The second-order valence-corrected chi connectivity index (χ2v) is 7.29. The smallest absolute Gasteiger partial charge is 0.490 e. The highest BCUT2D eigenvalue weighted by Crippen LogP contribution is 2.28. The van der Waals surface area contributed by atoms with Crippen LogP contribution in [0.1, 0.15) is 20.8 Å². The van der Waals surface area contributed by atoms with Crippen LogP contribution in [0.15, 0.2) is 60.7 Å². The summed E-state index contributed by atoms with van der Waals surface area (Å²) in [7, 11) is 1.56. The first-order chi connectivity index (χ1) is 17.4. The molecule has 13 heteroatoms. The maximum atomic E-state index is 14.7. The largest absolute Gasteiger partial charge is 0.497 e. The summed E-state index contributed by atoms with van der Waals surface area (Å²) in [6.45, 7) is 0. The van der Waals surface area contributed by atoms with Gasteiger partial charge in [-0.25, -0.2) is 14.0 Å². The molecule has 0 bridgehead atoms. The summed E-state index contributed by atoms with van der Waals surface area (Å²) < 4.78 is 51.5. The maximum absolute atomic E-state index is 14.7. The predicted octanol–water partition coefficient (Wildman–Crippen LogP) is 4.96. The molecule has 0 aliphatic heterocycles. The number of carboxylic acid groups (broad SMARTS) is 2. The third-order valence-electron chi connectivity index (χ3n) is 4.92. The van der Waals surface area contributed by atoms with Crippen molar-refractivity contribution < 1.29 is 46.9 Å². The number of hydrogen-bond acceptors (Lipinski definition) is 5. The van der Waals surface area contributed by atoms with Crippen molar-refractivity contribution in [2.24, 2.45) is 0 Å². The minimum atomic E-state index is -5.08. The number of amides is 1. The van der Waals surface area contributed by atoms with Crippen molar-refractivity contribution in [2.45, 2.75) is 6.18 Å². The topological polar surface area (TPSA) is 142 Å². The van der Waals surface area contributed by atoms with Crippen LogP contribution in [0.25, 0.3) is 22.0 Å². The van der Waals surface area contributed by atoms with E-state index >= 15 is 0 Å². The fraction of sp³-hybridized carbons (Fsp3) is 0.0833. The van der Waals surface area contributed by atoms with Gasteiger partial charge in [0.15, 0.2) is 5.69 Å². The SMILES string of the molecule is COc1ccc(-c2ccc(C(=O)Nc3cccc4[nH]nc(C(=O)O)c34)c(F)c2)cc1.O=C(O)C(F)(F)F. The molecule has 0 saturated carbocycles. The zero-order valence-corrected chi connectivity index (χ0v) is 18.8. The number of aromatic carboxylic acids is 1. The lowest BCUT2D eigenvalue weighted by Crippen LogP contribution is -2.21. The molecule has 0 radical (unpaired) electrons. The molecule has 192 valence electrons. The van der Waals surface area contributed by atoms with Crippen molar-refractivity contribution in [2.75, 3.05) is 12.4 Å². The van der Waals surface area contributed by atoms with Gasteiger partial charge < -0.3 is 20.3 Å². The minimum absolute atomic E-state index is 0.162. The molecule has 3 aromatic carbocycles. The van der Waals surface area contributed by atoms with E-state index in [0.29, 0.717) is 16.8 Å². The van der Waals surface area contributed by atoms with Gasteiger partial charge in [0, 0.05) is 0 Å². The molecule has 1 amide bonds. The Kier molecular flexibility index (Phi) is 7.76. The number of nitrogens with zero attached hydrogens (tertiary/aromatic N) is 1. The van der Waals surface area contributed by atoms with Gasteiger partial charge in [0.1, 0.15) is 11.6 Å². The Balaban J connectivity index is 0.000000479. The van der Waals surface area contributed by atoms with Gasteiger partial charge in [-0.05, 0) is 47.5 Å². The molecule has 1 aromatic heterocycles. The van der Waals surface area contributed by atoms with Crippen molar-refractivity contribution in [3.63, 3.8) is 0 Å². The quantitative estimate of drug-likeness (QED) is 0.273. The van der Waals surface area contributed by atoms with Gasteiger partial charge in [0.25, 0.3) is 5.91 Å². The number of rotatable bonds is 5. The van der Waals surface area contributed by atoms with Gasteiger partial charge in [-0.15, -0.1) is 0 Å². The summed E-state index contributed by atoms with van der Waals surface area (Å²) >= 11 is 0. The molecule has 37 heavy (non-hydrogen) atoms. The molecular formula is C24H17F4N3O6. The molecule has 0 aliphatic carbocycles. The summed E-state index contributed by atoms with van der Waals surface area (Å²) in [4.78, 5) is 33.0. The zero-order valence-electron chi connectivity index (χ0n) is 18.8. The number of aliphatic carboxylic acids is 1. The molecule has 0 unspecified atom stereocenters. The predicted molar refractivity (Wildman–Crippen MR) is 123 cm³/mol. The molecule has 1 heterocycles. The number of ether oxygens (including phenoxy) is 1. The summed E-state index contributed by atoms with van der Waals surface area (Å²) in [5, 5.41) is 25.6. The number of carbonyl (C=O) groups excluding carboxylic acids is 1. The first-order valence-corrected chi connectivity index (χ1v) is 10.2. The Bertz CT molecular complexity index is 1470. The van der Waals surface area contributed by atoms with Crippen molar-refractivity contribution in [3.8, 4) is 16.9 Å². The van der Waals surface area contributed by atoms with Crippen LogP contribution >= 0.6 is 0 Å². The maximum Gasteiger partial charge on any atom is 0.490 e. The molecule has 0 saturated heterocycles. The zero-order chi connectivity index (χ0) is 27.3. The first kappa shape index (κ1) is 26.7. The van der Waals surface area contributed by atoms with E-state index in [1.165, 1.54) is 18.2 Å². The Morgan fingerprint density at radius 1 is 0.973 bits per heavy atom. The van der Waals surface area contributed by atoms with Crippen molar-refractivity contribution in [1.82, 2.24) is 10.2 Å². The van der Waals surface area contributed by atoms with E-state index in [-0.39, 0.29) is 22.3 Å². The Hall–Kier alpha value is -4.94. The number of carboxylic acids is 2. The van der Waals surface area contributed by atoms with Gasteiger partial charge in [0.05, 0.1) is 29.3 Å².